The molecule has 0 unspecified atom stereocenters. The molecular formula is C17H16BrF2NO. The summed E-state index contributed by atoms with van der Waals surface area (Å²) in [7, 11) is 0. The van der Waals surface area contributed by atoms with E-state index in [1.807, 2.05) is 26.0 Å². The molecule has 0 fully saturated rings. The number of nitrogens with one attached hydrogen (secondary N) is 1. The van der Waals surface area contributed by atoms with Crippen molar-refractivity contribution in [2.75, 3.05) is 5.32 Å². The van der Waals surface area contributed by atoms with E-state index in [1.165, 1.54) is 0 Å². The summed E-state index contributed by atoms with van der Waals surface area (Å²) < 4.78 is 27.9. The van der Waals surface area contributed by atoms with E-state index in [0.717, 1.165) is 33.8 Å². The summed E-state index contributed by atoms with van der Waals surface area (Å²) in [5.74, 6) is -2.04. The first kappa shape index (κ1) is 16.6. The smallest absolute Gasteiger partial charge is 0.258 e. The van der Waals surface area contributed by atoms with E-state index in [4.69, 9.17) is 0 Å². The van der Waals surface area contributed by atoms with Crippen LogP contribution in [0.1, 0.15) is 35.3 Å². The number of amides is 1. The van der Waals surface area contributed by atoms with Crippen LogP contribution in [-0.2, 0) is 12.8 Å². The van der Waals surface area contributed by atoms with Crippen LogP contribution in [0.25, 0.3) is 0 Å². The second-order valence-corrected chi connectivity index (χ2v) is 5.80. The van der Waals surface area contributed by atoms with Gasteiger partial charge in [0.1, 0.15) is 11.6 Å². The van der Waals surface area contributed by atoms with Gasteiger partial charge in [-0.05, 0) is 54.3 Å². The molecule has 0 aliphatic carbocycles. The summed E-state index contributed by atoms with van der Waals surface area (Å²) in [5.41, 5.74) is 2.25. The Hall–Kier alpha value is -1.75. The van der Waals surface area contributed by atoms with Gasteiger partial charge in [-0.15, -0.1) is 0 Å². The molecule has 2 aromatic rings. The fourth-order valence-corrected chi connectivity index (χ4v) is 2.85. The maximum Gasteiger partial charge on any atom is 0.258 e. The highest BCUT2D eigenvalue weighted by Crippen LogP contribution is 2.28. The molecule has 0 aromatic heterocycles. The third-order valence-electron chi connectivity index (χ3n) is 3.44. The average molecular weight is 368 g/mol. The molecule has 2 aromatic carbocycles. The van der Waals surface area contributed by atoms with Crippen LogP contribution in [0.4, 0.5) is 14.5 Å². The van der Waals surface area contributed by atoms with Crippen LogP contribution in [0.2, 0.25) is 0 Å². The van der Waals surface area contributed by atoms with Gasteiger partial charge in [-0.1, -0.05) is 29.8 Å². The average Bonchev–Trinajstić information content (AvgIpc) is 2.50. The number of rotatable bonds is 4. The second kappa shape index (κ2) is 7.01. The Labute approximate surface area is 136 Å². The maximum absolute atomic E-state index is 13.7. The van der Waals surface area contributed by atoms with Gasteiger partial charge in [-0.2, -0.15) is 0 Å². The molecule has 0 bridgehead atoms. The Balaban J connectivity index is 2.42. The third-order valence-corrected chi connectivity index (χ3v) is 3.90. The Morgan fingerprint density at radius 2 is 1.68 bits per heavy atom. The first-order valence-electron chi connectivity index (χ1n) is 7.04. The predicted octanol–water partition coefficient (Wildman–Crippen LogP) is 5.10. The maximum atomic E-state index is 13.7. The second-order valence-electron chi connectivity index (χ2n) is 4.88. The van der Waals surface area contributed by atoms with Crippen molar-refractivity contribution in [2.45, 2.75) is 26.7 Å². The van der Waals surface area contributed by atoms with Crippen LogP contribution < -0.4 is 5.32 Å². The first-order valence-corrected chi connectivity index (χ1v) is 7.83. The molecule has 0 heterocycles. The quantitative estimate of drug-likeness (QED) is 0.799. The van der Waals surface area contributed by atoms with Gasteiger partial charge >= 0.3 is 0 Å². The number of carbonyl (C=O) groups excluding carboxylic acids is 1. The normalized spacial score (nSPS) is 10.6. The van der Waals surface area contributed by atoms with Gasteiger partial charge in [0.25, 0.3) is 5.91 Å². The minimum atomic E-state index is -0.743. The molecule has 1 N–H and O–H groups in total. The molecule has 0 radical (unpaired) electrons. The van der Waals surface area contributed by atoms with Gasteiger partial charge in [-0.25, -0.2) is 8.78 Å². The van der Waals surface area contributed by atoms with E-state index in [0.29, 0.717) is 18.5 Å². The van der Waals surface area contributed by atoms with Crippen LogP contribution in [0, 0.1) is 11.6 Å². The molecule has 0 atom stereocenters. The minimum absolute atomic E-state index is 0.299. The van der Waals surface area contributed by atoms with Crippen LogP contribution in [-0.4, -0.2) is 5.91 Å². The number of hydrogen-bond donors (Lipinski definition) is 1. The standard InChI is InChI=1S/C17H16BrF2NO/c1-3-10-7-12(18)8-11(4-2)16(10)21-17(22)14-9-13(19)5-6-15(14)20/h5-9H,3-4H2,1-2H3,(H,21,22). The van der Waals surface area contributed by atoms with E-state index >= 15 is 0 Å². The molecular weight excluding hydrogens is 352 g/mol. The largest absolute Gasteiger partial charge is 0.321 e. The summed E-state index contributed by atoms with van der Waals surface area (Å²) in [4.78, 5) is 12.3. The molecule has 5 heteroatoms. The van der Waals surface area contributed by atoms with E-state index < -0.39 is 17.5 Å². The molecule has 0 spiro atoms. The molecule has 116 valence electrons. The van der Waals surface area contributed by atoms with Crippen LogP contribution in [0.3, 0.4) is 0 Å². The monoisotopic (exact) mass is 367 g/mol. The van der Waals surface area contributed by atoms with Gasteiger partial charge in [-0.3, -0.25) is 4.79 Å². The fraction of sp³-hybridized carbons (Fsp3) is 0.235. The molecule has 0 aliphatic heterocycles. The SMILES string of the molecule is CCc1cc(Br)cc(CC)c1NC(=O)c1cc(F)ccc1F. The zero-order chi connectivity index (χ0) is 16.3. The van der Waals surface area contributed by atoms with Crippen molar-refractivity contribution in [1.29, 1.82) is 0 Å². The van der Waals surface area contributed by atoms with Gasteiger partial charge in [0.05, 0.1) is 5.56 Å². The van der Waals surface area contributed by atoms with Crippen LogP contribution >= 0.6 is 15.9 Å². The molecule has 0 saturated heterocycles. The molecule has 0 aliphatic rings. The zero-order valence-electron chi connectivity index (χ0n) is 12.3. The summed E-state index contributed by atoms with van der Waals surface area (Å²) in [6.07, 6.45) is 1.43. The molecule has 1 amide bonds. The van der Waals surface area contributed by atoms with Crippen molar-refractivity contribution in [3.05, 3.63) is 63.1 Å². The highest BCUT2D eigenvalue weighted by atomic mass is 79.9. The van der Waals surface area contributed by atoms with Crippen molar-refractivity contribution in [3.8, 4) is 0 Å². The molecule has 2 rings (SSSR count). The Morgan fingerprint density at radius 3 is 2.23 bits per heavy atom. The summed E-state index contributed by atoms with van der Waals surface area (Å²) >= 11 is 3.44. The Bertz CT molecular complexity index is 691. The minimum Gasteiger partial charge on any atom is -0.321 e. The lowest BCUT2D eigenvalue weighted by molar-refractivity contribution is 0.102. The summed E-state index contributed by atoms with van der Waals surface area (Å²) in [6, 6.07) is 6.67. The lowest BCUT2D eigenvalue weighted by Gasteiger charge is -2.15. The van der Waals surface area contributed by atoms with Crippen LogP contribution in [0.15, 0.2) is 34.8 Å². The zero-order valence-corrected chi connectivity index (χ0v) is 13.9. The molecule has 0 saturated carbocycles. The van der Waals surface area contributed by atoms with Gasteiger partial charge in [0.2, 0.25) is 0 Å². The fourth-order valence-electron chi connectivity index (χ4n) is 2.30. The highest BCUT2D eigenvalue weighted by molar-refractivity contribution is 9.10. The number of hydrogen-bond acceptors (Lipinski definition) is 1. The van der Waals surface area contributed by atoms with Gasteiger partial charge in [0, 0.05) is 10.2 Å². The molecule has 22 heavy (non-hydrogen) atoms. The lowest BCUT2D eigenvalue weighted by atomic mass is 10.0. The van der Waals surface area contributed by atoms with Gasteiger partial charge < -0.3 is 5.32 Å². The number of benzene rings is 2. The first-order chi connectivity index (χ1) is 10.5. The van der Waals surface area contributed by atoms with Crippen LogP contribution in [0.5, 0.6) is 0 Å². The summed E-state index contributed by atoms with van der Waals surface area (Å²) in [6.45, 7) is 3.94. The van der Waals surface area contributed by atoms with Crippen molar-refractivity contribution in [3.63, 3.8) is 0 Å². The highest BCUT2D eigenvalue weighted by Gasteiger charge is 2.16. The topological polar surface area (TPSA) is 29.1 Å². The Kier molecular flexibility index (Phi) is 5.29. The van der Waals surface area contributed by atoms with E-state index in [1.54, 1.807) is 0 Å². The van der Waals surface area contributed by atoms with E-state index in [2.05, 4.69) is 21.2 Å². The Morgan fingerprint density at radius 1 is 1.09 bits per heavy atom. The third kappa shape index (κ3) is 3.53. The number of aryl methyl sites for hydroxylation is 2. The van der Waals surface area contributed by atoms with Crippen molar-refractivity contribution >= 4 is 27.5 Å². The van der Waals surface area contributed by atoms with E-state index in [9.17, 15) is 13.6 Å². The summed E-state index contributed by atoms with van der Waals surface area (Å²) in [5, 5.41) is 2.73. The van der Waals surface area contributed by atoms with Crippen molar-refractivity contribution in [1.82, 2.24) is 0 Å². The predicted molar refractivity (Wildman–Crippen MR) is 87.2 cm³/mol. The lowest BCUT2D eigenvalue weighted by Crippen LogP contribution is -2.16. The van der Waals surface area contributed by atoms with Gasteiger partial charge in [0.15, 0.2) is 0 Å². The number of carbonyl (C=O) groups is 1. The van der Waals surface area contributed by atoms with Crippen molar-refractivity contribution < 1.29 is 13.6 Å². The van der Waals surface area contributed by atoms with E-state index in [-0.39, 0.29) is 5.56 Å². The number of halogens is 3. The number of anilines is 1. The van der Waals surface area contributed by atoms with Crippen molar-refractivity contribution in [2.24, 2.45) is 0 Å². The molecule has 2 nitrogen and oxygen atoms in total.